The number of rotatable bonds is 3. The van der Waals surface area contributed by atoms with Crippen LogP contribution in [-0.2, 0) is 0 Å². The molecule has 0 radical (unpaired) electrons. The van der Waals surface area contributed by atoms with Crippen LogP contribution in [0.1, 0.15) is 11.1 Å². The second kappa shape index (κ2) is 5.70. The summed E-state index contributed by atoms with van der Waals surface area (Å²) in [4.78, 5) is 6.90. The van der Waals surface area contributed by atoms with Crippen LogP contribution in [0, 0.1) is 17.1 Å². The van der Waals surface area contributed by atoms with Crippen LogP contribution in [0.2, 0.25) is 0 Å². The SMILES string of the molecule is COc1ccc2[nH]cc(/C(C#N)=C/c3cncc(F)c3)c2c1. The Labute approximate surface area is 126 Å². The summed E-state index contributed by atoms with van der Waals surface area (Å²) in [7, 11) is 1.59. The van der Waals surface area contributed by atoms with E-state index >= 15 is 0 Å². The Bertz CT molecular complexity index is 906. The number of nitrogens with zero attached hydrogens (tertiary/aromatic N) is 2. The molecule has 2 aromatic heterocycles. The van der Waals surface area contributed by atoms with Gasteiger partial charge in [0.15, 0.2) is 0 Å². The number of nitrogens with one attached hydrogen (secondary N) is 1. The Balaban J connectivity index is 2.13. The Hall–Kier alpha value is -3.13. The quantitative estimate of drug-likeness (QED) is 0.748. The smallest absolute Gasteiger partial charge is 0.142 e. The third-order valence-electron chi connectivity index (χ3n) is 3.34. The van der Waals surface area contributed by atoms with Crippen LogP contribution in [0.15, 0.2) is 42.9 Å². The molecule has 1 N–H and O–H groups in total. The lowest BCUT2D eigenvalue weighted by Gasteiger charge is -2.01. The first-order valence-corrected chi connectivity index (χ1v) is 6.59. The number of halogens is 1. The van der Waals surface area contributed by atoms with Gasteiger partial charge in [0, 0.05) is 28.9 Å². The van der Waals surface area contributed by atoms with Gasteiger partial charge in [0.1, 0.15) is 11.6 Å². The second-order valence-corrected chi connectivity index (χ2v) is 4.72. The van der Waals surface area contributed by atoms with E-state index in [0.29, 0.717) is 16.9 Å². The molecule has 5 heteroatoms. The molecular formula is C17H12FN3O. The van der Waals surface area contributed by atoms with Gasteiger partial charge in [-0.25, -0.2) is 4.39 Å². The van der Waals surface area contributed by atoms with Crippen LogP contribution in [0.3, 0.4) is 0 Å². The summed E-state index contributed by atoms with van der Waals surface area (Å²) in [5.74, 6) is 0.268. The Morgan fingerprint density at radius 2 is 2.23 bits per heavy atom. The van der Waals surface area contributed by atoms with Crippen LogP contribution in [0.4, 0.5) is 4.39 Å². The molecule has 0 saturated carbocycles. The predicted octanol–water partition coefficient (Wildman–Crippen LogP) is 3.77. The molecule has 3 rings (SSSR count). The lowest BCUT2D eigenvalue weighted by atomic mass is 10.0. The minimum absolute atomic E-state index is 0.423. The van der Waals surface area contributed by atoms with Crippen molar-refractivity contribution in [1.29, 1.82) is 5.26 Å². The average Bonchev–Trinajstić information content (AvgIpc) is 2.95. The zero-order valence-corrected chi connectivity index (χ0v) is 11.8. The molecule has 0 aliphatic carbocycles. The molecule has 0 aliphatic rings. The number of benzene rings is 1. The largest absolute Gasteiger partial charge is 0.497 e. The van der Waals surface area contributed by atoms with Crippen LogP contribution < -0.4 is 4.74 Å². The monoisotopic (exact) mass is 293 g/mol. The number of ether oxygens (including phenoxy) is 1. The number of H-pyrrole nitrogens is 1. The van der Waals surface area contributed by atoms with E-state index in [-0.39, 0.29) is 0 Å². The Morgan fingerprint density at radius 3 is 2.95 bits per heavy atom. The number of aromatic nitrogens is 2. The molecule has 0 unspecified atom stereocenters. The number of methoxy groups -OCH3 is 1. The summed E-state index contributed by atoms with van der Waals surface area (Å²) >= 11 is 0. The fourth-order valence-electron chi connectivity index (χ4n) is 2.29. The van der Waals surface area contributed by atoms with Gasteiger partial charge in [-0.1, -0.05) is 0 Å². The topological polar surface area (TPSA) is 61.7 Å². The van der Waals surface area contributed by atoms with E-state index in [1.807, 2.05) is 18.2 Å². The van der Waals surface area contributed by atoms with Gasteiger partial charge >= 0.3 is 0 Å². The van der Waals surface area contributed by atoms with Gasteiger partial charge in [-0.15, -0.1) is 0 Å². The number of aromatic amines is 1. The molecule has 108 valence electrons. The summed E-state index contributed by atoms with van der Waals surface area (Å²) in [5.41, 5.74) is 2.59. The highest BCUT2D eigenvalue weighted by atomic mass is 19.1. The van der Waals surface area contributed by atoms with Crippen molar-refractivity contribution in [2.75, 3.05) is 7.11 Å². The summed E-state index contributed by atoms with van der Waals surface area (Å²) in [6.07, 6.45) is 6.00. The molecule has 0 aliphatic heterocycles. The van der Waals surface area contributed by atoms with Crippen molar-refractivity contribution in [2.45, 2.75) is 0 Å². The summed E-state index contributed by atoms with van der Waals surface area (Å²) < 4.78 is 18.4. The van der Waals surface area contributed by atoms with E-state index in [0.717, 1.165) is 22.7 Å². The van der Waals surface area contributed by atoms with E-state index in [1.165, 1.54) is 12.3 Å². The van der Waals surface area contributed by atoms with E-state index in [1.54, 1.807) is 19.4 Å². The maximum atomic E-state index is 13.2. The summed E-state index contributed by atoms with van der Waals surface area (Å²) in [6.45, 7) is 0. The van der Waals surface area contributed by atoms with Crippen molar-refractivity contribution in [1.82, 2.24) is 9.97 Å². The lowest BCUT2D eigenvalue weighted by Crippen LogP contribution is -1.85. The highest BCUT2D eigenvalue weighted by molar-refractivity contribution is 6.01. The highest BCUT2D eigenvalue weighted by Gasteiger charge is 2.10. The van der Waals surface area contributed by atoms with Gasteiger partial charge in [-0.3, -0.25) is 4.98 Å². The number of nitriles is 1. The van der Waals surface area contributed by atoms with Crippen molar-refractivity contribution in [3.8, 4) is 11.8 Å². The maximum absolute atomic E-state index is 13.2. The minimum Gasteiger partial charge on any atom is -0.497 e. The van der Waals surface area contributed by atoms with Crippen molar-refractivity contribution in [2.24, 2.45) is 0 Å². The molecule has 1 aromatic carbocycles. The van der Waals surface area contributed by atoms with E-state index in [9.17, 15) is 9.65 Å². The Kier molecular flexibility index (Phi) is 3.58. The molecule has 22 heavy (non-hydrogen) atoms. The number of hydrogen-bond acceptors (Lipinski definition) is 3. The van der Waals surface area contributed by atoms with Gasteiger partial charge in [-0.2, -0.15) is 5.26 Å². The molecule has 0 saturated heterocycles. The first kappa shape index (κ1) is 13.8. The molecule has 4 nitrogen and oxygen atoms in total. The fourth-order valence-corrected chi connectivity index (χ4v) is 2.29. The van der Waals surface area contributed by atoms with Gasteiger partial charge in [-0.05, 0) is 35.9 Å². The number of allylic oxidation sites excluding steroid dienone is 1. The van der Waals surface area contributed by atoms with Gasteiger partial charge in [0.25, 0.3) is 0 Å². The maximum Gasteiger partial charge on any atom is 0.142 e. The normalized spacial score (nSPS) is 11.4. The van der Waals surface area contributed by atoms with E-state index in [2.05, 4.69) is 16.0 Å². The first-order valence-electron chi connectivity index (χ1n) is 6.59. The third-order valence-corrected chi connectivity index (χ3v) is 3.34. The van der Waals surface area contributed by atoms with Crippen LogP contribution in [0.25, 0.3) is 22.6 Å². The molecule has 0 spiro atoms. The van der Waals surface area contributed by atoms with Gasteiger partial charge < -0.3 is 9.72 Å². The zero-order chi connectivity index (χ0) is 15.5. The predicted molar refractivity (Wildman–Crippen MR) is 82.5 cm³/mol. The number of hydrogen-bond donors (Lipinski definition) is 1. The molecule has 0 bridgehead atoms. The minimum atomic E-state index is -0.438. The van der Waals surface area contributed by atoms with Crippen LogP contribution in [0.5, 0.6) is 5.75 Å². The molecule has 0 atom stereocenters. The molecular weight excluding hydrogens is 281 g/mol. The van der Waals surface area contributed by atoms with Crippen molar-refractivity contribution < 1.29 is 9.13 Å². The van der Waals surface area contributed by atoms with Crippen molar-refractivity contribution >= 4 is 22.6 Å². The van der Waals surface area contributed by atoms with E-state index in [4.69, 9.17) is 4.74 Å². The molecule has 3 aromatic rings. The van der Waals surface area contributed by atoms with Crippen LogP contribution >= 0.6 is 0 Å². The molecule has 0 amide bonds. The highest BCUT2D eigenvalue weighted by Crippen LogP contribution is 2.29. The zero-order valence-electron chi connectivity index (χ0n) is 11.8. The third kappa shape index (κ3) is 2.54. The van der Waals surface area contributed by atoms with Crippen molar-refractivity contribution in [3.63, 3.8) is 0 Å². The lowest BCUT2D eigenvalue weighted by molar-refractivity contribution is 0.415. The summed E-state index contributed by atoms with van der Waals surface area (Å²) in [6, 6.07) is 9.07. The molecule has 2 heterocycles. The Morgan fingerprint density at radius 1 is 1.36 bits per heavy atom. The fraction of sp³-hybridized carbons (Fsp3) is 0.0588. The second-order valence-electron chi connectivity index (χ2n) is 4.72. The van der Waals surface area contributed by atoms with Gasteiger partial charge in [0.2, 0.25) is 0 Å². The first-order chi connectivity index (χ1) is 10.7. The number of fused-ring (bicyclic) bond motifs is 1. The van der Waals surface area contributed by atoms with E-state index < -0.39 is 5.82 Å². The summed E-state index contributed by atoms with van der Waals surface area (Å²) in [5, 5.41) is 10.3. The van der Waals surface area contributed by atoms with Crippen LogP contribution in [-0.4, -0.2) is 17.1 Å². The number of pyridine rings is 1. The standard InChI is InChI=1S/C17H12FN3O/c1-22-14-2-3-17-15(6-14)16(10-21-17)12(7-19)4-11-5-13(18)9-20-8-11/h2-6,8-10,21H,1H3/b12-4+. The van der Waals surface area contributed by atoms with Gasteiger partial charge in [0.05, 0.1) is 24.9 Å². The van der Waals surface area contributed by atoms with Crippen molar-refractivity contribution in [3.05, 3.63) is 59.8 Å². The molecule has 0 fully saturated rings. The average molecular weight is 293 g/mol.